The number of hydrogen-bond acceptors (Lipinski definition) is 6. The molecule has 33 heavy (non-hydrogen) atoms. The van der Waals surface area contributed by atoms with E-state index in [-0.39, 0.29) is 23.0 Å². The van der Waals surface area contributed by atoms with E-state index in [0.29, 0.717) is 22.4 Å². The Morgan fingerprint density at radius 2 is 1.85 bits per heavy atom. The highest BCUT2D eigenvalue weighted by Gasteiger charge is 2.20. The molecule has 0 aliphatic rings. The van der Waals surface area contributed by atoms with Gasteiger partial charge in [0.25, 0.3) is 0 Å². The van der Waals surface area contributed by atoms with Gasteiger partial charge in [-0.05, 0) is 55.3 Å². The summed E-state index contributed by atoms with van der Waals surface area (Å²) in [5.74, 6) is 0.0932. The third kappa shape index (κ3) is 3.98. The minimum atomic E-state index is -0.442. The van der Waals surface area contributed by atoms with Gasteiger partial charge in [-0.3, -0.25) is 5.41 Å². The van der Waals surface area contributed by atoms with Crippen LogP contribution in [0.2, 0.25) is 0 Å². The fraction of sp³-hybridized carbons (Fsp3) is 0.160. The van der Waals surface area contributed by atoms with Crippen LogP contribution in [0.1, 0.15) is 22.3 Å². The number of nitrogens with zero attached hydrogens (tertiary/aromatic N) is 3. The molecular weight excluding hydrogens is 416 g/mol. The number of hydrogen-bond donors (Lipinski definition) is 4. The van der Waals surface area contributed by atoms with Crippen LogP contribution < -0.4 is 16.3 Å². The monoisotopic (exact) mass is 442 g/mol. The summed E-state index contributed by atoms with van der Waals surface area (Å²) < 4.78 is 1.39. The molecular formula is C25H26N6O2. The summed E-state index contributed by atoms with van der Waals surface area (Å²) in [6, 6.07) is 16.2. The van der Waals surface area contributed by atoms with Crippen molar-refractivity contribution in [1.82, 2.24) is 14.8 Å². The number of anilines is 2. The minimum Gasteiger partial charge on any atom is -0.507 e. The molecule has 0 atom stereocenters. The van der Waals surface area contributed by atoms with Crippen molar-refractivity contribution in [3.63, 3.8) is 0 Å². The zero-order valence-electron chi connectivity index (χ0n) is 19.0. The van der Waals surface area contributed by atoms with Crippen molar-refractivity contribution in [2.75, 3.05) is 24.7 Å². The molecule has 5 N–H and O–H groups in total. The molecule has 0 spiro atoms. The number of phenols is 1. The van der Waals surface area contributed by atoms with Gasteiger partial charge in [-0.15, -0.1) is 0 Å². The molecule has 3 aromatic carbocycles. The first-order chi connectivity index (χ1) is 15.7. The highest BCUT2D eigenvalue weighted by molar-refractivity contribution is 6.14. The maximum Gasteiger partial charge on any atom is 0.348 e. The average molecular weight is 443 g/mol. The molecule has 0 fully saturated rings. The van der Waals surface area contributed by atoms with Crippen molar-refractivity contribution in [2.45, 2.75) is 13.8 Å². The highest BCUT2D eigenvalue weighted by atomic mass is 16.3. The highest BCUT2D eigenvalue weighted by Crippen LogP contribution is 2.34. The van der Waals surface area contributed by atoms with Crippen LogP contribution >= 0.6 is 0 Å². The summed E-state index contributed by atoms with van der Waals surface area (Å²) in [7, 11) is 3.82. The van der Waals surface area contributed by atoms with Gasteiger partial charge in [0, 0.05) is 42.7 Å². The number of aromatic nitrogens is 3. The number of aryl methyl sites for hydroxylation is 2. The van der Waals surface area contributed by atoms with Gasteiger partial charge >= 0.3 is 5.69 Å². The predicted octanol–water partition coefficient (Wildman–Crippen LogP) is 3.61. The maximum absolute atomic E-state index is 12.7. The van der Waals surface area contributed by atoms with E-state index in [9.17, 15) is 9.90 Å². The summed E-state index contributed by atoms with van der Waals surface area (Å²) in [5, 5.41) is 26.1. The first-order valence-electron chi connectivity index (χ1n) is 10.4. The molecule has 4 aromatic rings. The second-order valence-electron chi connectivity index (χ2n) is 8.23. The zero-order chi connectivity index (χ0) is 23.9. The van der Waals surface area contributed by atoms with E-state index < -0.39 is 5.69 Å². The van der Waals surface area contributed by atoms with Gasteiger partial charge < -0.3 is 15.7 Å². The Bertz CT molecular complexity index is 1430. The number of phenolic OH excluding ortho intramolecular Hbond substituents is 1. The first-order valence-corrected chi connectivity index (χ1v) is 10.4. The Morgan fingerprint density at radius 3 is 2.55 bits per heavy atom. The van der Waals surface area contributed by atoms with Crippen LogP contribution in [-0.4, -0.2) is 39.7 Å². The lowest BCUT2D eigenvalue weighted by Gasteiger charge is -2.15. The van der Waals surface area contributed by atoms with Gasteiger partial charge in [0.1, 0.15) is 5.75 Å². The lowest BCUT2D eigenvalue weighted by atomic mass is 9.95. The molecule has 0 saturated carbocycles. The Balaban J connectivity index is 1.87. The minimum absolute atomic E-state index is 0.131. The Morgan fingerprint density at radius 1 is 1.09 bits per heavy atom. The summed E-state index contributed by atoms with van der Waals surface area (Å²) >= 11 is 0. The number of benzene rings is 3. The number of aromatic hydroxyl groups is 1. The summed E-state index contributed by atoms with van der Waals surface area (Å²) in [6.45, 7) is 4.00. The number of nitrogens with two attached hydrogens (primary N) is 1. The van der Waals surface area contributed by atoms with Crippen molar-refractivity contribution in [3.05, 3.63) is 87.3 Å². The first kappa shape index (κ1) is 21.9. The molecule has 1 aromatic heterocycles. The lowest BCUT2D eigenvalue weighted by molar-refractivity contribution is 0.477. The quantitative estimate of drug-likeness (QED) is 0.278. The molecule has 4 rings (SSSR count). The molecule has 0 amide bonds. The molecule has 168 valence electrons. The van der Waals surface area contributed by atoms with E-state index in [0.717, 1.165) is 16.8 Å². The van der Waals surface area contributed by atoms with Gasteiger partial charge in [0.15, 0.2) is 5.82 Å². The summed E-state index contributed by atoms with van der Waals surface area (Å²) in [6.07, 6.45) is 0. The van der Waals surface area contributed by atoms with Crippen LogP contribution in [-0.2, 0) is 0 Å². The number of aromatic amines is 1. The van der Waals surface area contributed by atoms with Gasteiger partial charge in [0.2, 0.25) is 0 Å². The lowest BCUT2D eigenvalue weighted by Crippen LogP contribution is -2.17. The van der Waals surface area contributed by atoms with Crippen molar-refractivity contribution in [2.24, 2.45) is 0 Å². The van der Waals surface area contributed by atoms with Crippen LogP contribution in [0.3, 0.4) is 0 Å². The number of rotatable bonds is 5. The van der Waals surface area contributed by atoms with Crippen molar-refractivity contribution < 1.29 is 5.11 Å². The summed E-state index contributed by atoms with van der Waals surface area (Å²) in [4.78, 5) is 14.6. The summed E-state index contributed by atoms with van der Waals surface area (Å²) in [5.41, 5.74) is 11.4. The number of nitrogens with one attached hydrogen (secondary N) is 2. The second kappa shape index (κ2) is 8.31. The smallest absolute Gasteiger partial charge is 0.348 e. The van der Waals surface area contributed by atoms with Gasteiger partial charge in [-0.1, -0.05) is 18.2 Å². The molecule has 1 heterocycles. The van der Waals surface area contributed by atoms with Crippen molar-refractivity contribution >= 4 is 17.1 Å². The topological polar surface area (TPSA) is 124 Å². The number of nitrogen functional groups attached to an aromatic ring is 1. The molecule has 0 aliphatic carbocycles. The SMILES string of the molecule is Cc1ccc(C(=N)c2cc(-c3n[nH]c(=O)n3-c3cccc(N(C)C)c3)c(O)cc2N)cc1C. The van der Waals surface area contributed by atoms with Gasteiger partial charge in [-0.2, -0.15) is 5.10 Å². The van der Waals surface area contributed by atoms with E-state index in [1.807, 2.05) is 69.2 Å². The Labute approximate surface area is 191 Å². The predicted molar refractivity (Wildman–Crippen MR) is 132 cm³/mol. The van der Waals surface area contributed by atoms with Gasteiger partial charge in [-0.25, -0.2) is 14.5 Å². The third-order valence-corrected chi connectivity index (χ3v) is 5.75. The standard InChI is InChI=1S/C25H26N6O2/c1-14-8-9-16(10-15(14)2)23(27)19-12-20(22(32)13-21(19)26)24-28-29-25(33)31(24)18-7-5-6-17(11-18)30(3)4/h5-13,27,32H,26H2,1-4H3,(H,29,33). The average Bonchev–Trinajstić information content (AvgIpc) is 3.16. The fourth-order valence-corrected chi connectivity index (χ4v) is 3.68. The molecule has 0 radical (unpaired) electrons. The Kier molecular flexibility index (Phi) is 5.51. The van der Waals surface area contributed by atoms with Gasteiger partial charge in [0.05, 0.1) is 17.0 Å². The van der Waals surface area contributed by atoms with Crippen molar-refractivity contribution in [3.8, 4) is 22.8 Å². The van der Waals surface area contributed by atoms with Crippen molar-refractivity contribution in [1.29, 1.82) is 5.41 Å². The largest absolute Gasteiger partial charge is 0.507 e. The normalized spacial score (nSPS) is 10.9. The van der Waals surface area contributed by atoms with Crippen LogP contribution in [0.4, 0.5) is 11.4 Å². The van der Waals surface area contributed by atoms with E-state index in [2.05, 4.69) is 10.2 Å². The molecule has 0 aliphatic heterocycles. The number of H-pyrrole nitrogens is 1. The zero-order valence-corrected chi connectivity index (χ0v) is 19.0. The molecule has 8 nitrogen and oxygen atoms in total. The maximum atomic E-state index is 12.7. The molecule has 0 unspecified atom stereocenters. The third-order valence-electron chi connectivity index (χ3n) is 5.75. The van der Waals surface area contributed by atoms with E-state index in [1.54, 1.807) is 12.1 Å². The van der Waals surface area contributed by atoms with E-state index in [4.69, 9.17) is 11.1 Å². The second-order valence-corrected chi connectivity index (χ2v) is 8.23. The molecule has 0 saturated heterocycles. The van der Waals surface area contributed by atoms with Crippen LogP contribution in [0.5, 0.6) is 5.75 Å². The van der Waals surface area contributed by atoms with E-state index in [1.165, 1.54) is 10.6 Å². The molecule has 8 heteroatoms. The van der Waals surface area contributed by atoms with E-state index >= 15 is 0 Å². The van der Waals surface area contributed by atoms with Crippen LogP contribution in [0.15, 0.2) is 59.4 Å². The van der Waals surface area contributed by atoms with Crippen LogP contribution in [0.25, 0.3) is 17.1 Å². The fourth-order valence-electron chi connectivity index (χ4n) is 3.68. The molecule has 0 bridgehead atoms. The Hall–Kier alpha value is -4.33. The van der Waals surface area contributed by atoms with Crippen LogP contribution in [0, 0.1) is 19.3 Å².